The molecule has 0 aliphatic carbocycles. The lowest BCUT2D eigenvalue weighted by atomic mass is 10.1. The van der Waals surface area contributed by atoms with Crippen molar-refractivity contribution in [2.75, 3.05) is 6.61 Å². The first kappa shape index (κ1) is 10.8. The number of para-hydroxylation sites is 1. The summed E-state index contributed by atoms with van der Waals surface area (Å²) in [6, 6.07) is 10.2. The van der Waals surface area contributed by atoms with Gasteiger partial charge in [0.15, 0.2) is 0 Å². The Bertz CT molecular complexity index is 517. The van der Waals surface area contributed by atoms with Crippen LogP contribution in [0, 0.1) is 0 Å². The third kappa shape index (κ3) is 2.12. The molecule has 0 bridgehead atoms. The summed E-state index contributed by atoms with van der Waals surface area (Å²) in [7, 11) is 0. The molecule has 1 aromatic heterocycles. The van der Waals surface area contributed by atoms with Gasteiger partial charge in [-0.15, -0.1) is 0 Å². The van der Waals surface area contributed by atoms with Crippen LogP contribution in [-0.2, 0) is 6.42 Å². The Morgan fingerprint density at radius 2 is 2.12 bits per heavy atom. The number of hydrogen-bond acceptors (Lipinski definition) is 2. The van der Waals surface area contributed by atoms with E-state index < -0.39 is 0 Å². The smallest absolute Gasteiger partial charge is 0.0777 e. The summed E-state index contributed by atoms with van der Waals surface area (Å²) in [5.74, 6) is 0. The second kappa shape index (κ2) is 4.90. The molecule has 0 fully saturated rings. The molecule has 82 valence electrons. The van der Waals surface area contributed by atoms with Crippen LogP contribution < -0.4 is 0 Å². The molecule has 0 unspecified atom stereocenters. The van der Waals surface area contributed by atoms with Gasteiger partial charge in [0.05, 0.1) is 12.1 Å². The first-order chi connectivity index (χ1) is 7.85. The predicted octanol–water partition coefficient (Wildman–Crippen LogP) is 2.80. The molecule has 0 saturated heterocycles. The Labute approximate surface area is 95.3 Å². The molecule has 2 nitrogen and oxygen atoms in total. The van der Waals surface area contributed by atoms with Gasteiger partial charge < -0.3 is 5.11 Å². The van der Waals surface area contributed by atoms with Gasteiger partial charge in [0.25, 0.3) is 0 Å². The van der Waals surface area contributed by atoms with E-state index in [2.05, 4.69) is 30.1 Å². The maximum Gasteiger partial charge on any atom is 0.0777 e. The SMILES string of the molecule is CCc1ccc2cccc(/C=C/CO)c2n1. The van der Waals surface area contributed by atoms with Gasteiger partial charge in [-0.05, 0) is 12.5 Å². The van der Waals surface area contributed by atoms with E-state index in [9.17, 15) is 0 Å². The molecule has 16 heavy (non-hydrogen) atoms. The molecule has 0 atom stereocenters. The normalized spacial score (nSPS) is 11.4. The van der Waals surface area contributed by atoms with Crippen LogP contribution in [0.15, 0.2) is 36.4 Å². The number of nitrogens with zero attached hydrogens (tertiary/aromatic N) is 1. The number of rotatable bonds is 3. The van der Waals surface area contributed by atoms with Crippen molar-refractivity contribution in [3.63, 3.8) is 0 Å². The van der Waals surface area contributed by atoms with Crippen LogP contribution in [0.1, 0.15) is 18.2 Å². The largest absolute Gasteiger partial charge is 0.392 e. The van der Waals surface area contributed by atoms with E-state index in [1.807, 2.05) is 18.2 Å². The number of aliphatic hydroxyl groups is 1. The van der Waals surface area contributed by atoms with Gasteiger partial charge in [-0.2, -0.15) is 0 Å². The minimum Gasteiger partial charge on any atom is -0.392 e. The maximum atomic E-state index is 8.79. The van der Waals surface area contributed by atoms with Crippen LogP contribution >= 0.6 is 0 Å². The molecule has 2 aromatic rings. The standard InChI is InChI=1S/C14H15NO/c1-2-13-9-8-12-6-3-5-11(7-4-10-16)14(12)15-13/h3-9,16H,2,10H2,1H3/b7-4+. The number of benzene rings is 1. The average Bonchev–Trinajstić information content (AvgIpc) is 2.35. The molecule has 0 spiro atoms. The third-order valence-corrected chi connectivity index (χ3v) is 2.57. The van der Waals surface area contributed by atoms with Crippen molar-refractivity contribution in [3.8, 4) is 0 Å². The van der Waals surface area contributed by atoms with Gasteiger partial charge in [0.1, 0.15) is 0 Å². The molecule has 0 aliphatic rings. The molecule has 0 radical (unpaired) electrons. The summed E-state index contributed by atoms with van der Waals surface area (Å²) in [6.07, 6.45) is 4.58. The first-order valence-corrected chi connectivity index (χ1v) is 5.51. The van der Waals surface area contributed by atoms with Gasteiger partial charge in [-0.1, -0.05) is 43.3 Å². The summed E-state index contributed by atoms with van der Waals surface area (Å²) < 4.78 is 0. The molecule has 2 rings (SSSR count). The summed E-state index contributed by atoms with van der Waals surface area (Å²) in [6.45, 7) is 2.16. The zero-order valence-electron chi connectivity index (χ0n) is 9.35. The molecular formula is C14H15NO. The Hall–Kier alpha value is -1.67. The van der Waals surface area contributed by atoms with Crippen LogP contribution in [0.25, 0.3) is 17.0 Å². The summed E-state index contributed by atoms with van der Waals surface area (Å²) in [5.41, 5.74) is 3.16. The average molecular weight is 213 g/mol. The minimum atomic E-state index is 0.0594. The Kier molecular flexibility index (Phi) is 3.32. The number of aryl methyl sites for hydroxylation is 1. The van der Waals surface area contributed by atoms with Crippen molar-refractivity contribution in [1.29, 1.82) is 0 Å². The van der Waals surface area contributed by atoms with E-state index >= 15 is 0 Å². The quantitative estimate of drug-likeness (QED) is 0.850. The lowest BCUT2D eigenvalue weighted by molar-refractivity contribution is 0.343. The van der Waals surface area contributed by atoms with Crippen molar-refractivity contribution in [2.24, 2.45) is 0 Å². The van der Waals surface area contributed by atoms with Crippen molar-refractivity contribution < 1.29 is 5.11 Å². The Balaban J connectivity index is 2.59. The van der Waals surface area contributed by atoms with E-state index in [-0.39, 0.29) is 6.61 Å². The third-order valence-electron chi connectivity index (χ3n) is 2.57. The van der Waals surface area contributed by atoms with E-state index in [1.165, 1.54) is 0 Å². The zero-order valence-corrected chi connectivity index (χ0v) is 9.35. The summed E-state index contributed by atoms with van der Waals surface area (Å²) in [5, 5.41) is 9.93. The fourth-order valence-electron chi connectivity index (χ4n) is 1.72. The molecule has 0 saturated carbocycles. The number of pyridine rings is 1. The van der Waals surface area contributed by atoms with E-state index in [4.69, 9.17) is 5.11 Å². The van der Waals surface area contributed by atoms with Gasteiger partial charge >= 0.3 is 0 Å². The number of aliphatic hydroxyl groups excluding tert-OH is 1. The second-order valence-electron chi connectivity index (χ2n) is 3.66. The van der Waals surface area contributed by atoms with Crippen molar-refractivity contribution in [3.05, 3.63) is 47.7 Å². The second-order valence-corrected chi connectivity index (χ2v) is 3.66. The molecule has 0 aliphatic heterocycles. The number of hydrogen-bond donors (Lipinski definition) is 1. The molecule has 1 aromatic carbocycles. The van der Waals surface area contributed by atoms with E-state index in [0.29, 0.717) is 0 Å². The highest BCUT2D eigenvalue weighted by Gasteiger charge is 2.00. The molecule has 0 amide bonds. The highest BCUT2D eigenvalue weighted by atomic mass is 16.2. The van der Waals surface area contributed by atoms with Crippen molar-refractivity contribution >= 4 is 17.0 Å². The Morgan fingerprint density at radius 1 is 1.25 bits per heavy atom. The monoisotopic (exact) mass is 213 g/mol. The zero-order chi connectivity index (χ0) is 11.4. The van der Waals surface area contributed by atoms with Crippen LogP contribution in [0.2, 0.25) is 0 Å². The minimum absolute atomic E-state index is 0.0594. The van der Waals surface area contributed by atoms with Crippen molar-refractivity contribution in [2.45, 2.75) is 13.3 Å². The maximum absolute atomic E-state index is 8.79. The molecule has 1 N–H and O–H groups in total. The number of fused-ring (bicyclic) bond motifs is 1. The van der Waals surface area contributed by atoms with Crippen LogP contribution in [0.3, 0.4) is 0 Å². The van der Waals surface area contributed by atoms with Crippen molar-refractivity contribution in [1.82, 2.24) is 4.98 Å². The first-order valence-electron chi connectivity index (χ1n) is 5.51. The molecule has 2 heteroatoms. The van der Waals surface area contributed by atoms with Crippen LogP contribution in [0.4, 0.5) is 0 Å². The summed E-state index contributed by atoms with van der Waals surface area (Å²) in [4.78, 5) is 4.61. The van der Waals surface area contributed by atoms with Crippen LogP contribution in [-0.4, -0.2) is 16.7 Å². The van der Waals surface area contributed by atoms with Gasteiger partial charge in [0.2, 0.25) is 0 Å². The predicted molar refractivity (Wildman–Crippen MR) is 67.2 cm³/mol. The topological polar surface area (TPSA) is 33.1 Å². The van der Waals surface area contributed by atoms with E-state index in [0.717, 1.165) is 28.6 Å². The highest BCUT2D eigenvalue weighted by Crippen LogP contribution is 2.18. The molecular weight excluding hydrogens is 198 g/mol. The lowest BCUT2D eigenvalue weighted by Crippen LogP contribution is -1.89. The van der Waals surface area contributed by atoms with Gasteiger partial charge in [-0.3, -0.25) is 4.98 Å². The van der Waals surface area contributed by atoms with Crippen LogP contribution in [0.5, 0.6) is 0 Å². The van der Waals surface area contributed by atoms with Gasteiger partial charge in [0, 0.05) is 16.6 Å². The Morgan fingerprint density at radius 3 is 2.88 bits per heavy atom. The number of aromatic nitrogens is 1. The fourth-order valence-corrected chi connectivity index (χ4v) is 1.72. The van der Waals surface area contributed by atoms with E-state index in [1.54, 1.807) is 6.08 Å². The summed E-state index contributed by atoms with van der Waals surface area (Å²) >= 11 is 0. The fraction of sp³-hybridized carbons (Fsp3) is 0.214. The lowest BCUT2D eigenvalue weighted by Gasteiger charge is -2.03. The van der Waals surface area contributed by atoms with Gasteiger partial charge in [-0.25, -0.2) is 0 Å². The highest BCUT2D eigenvalue weighted by molar-refractivity contribution is 5.87. The molecule has 1 heterocycles.